The Labute approximate surface area is 154 Å². The van der Waals surface area contributed by atoms with Crippen LogP contribution < -0.4 is 21.7 Å². The minimum absolute atomic E-state index is 0.0857. The second-order valence-electron chi connectivity index (χ2n) is 6.89. The lowest BCUT2D eigenvalue weighted by Crippen LogP contribution is -2.56. The van der Waals surface area contributed by atoms with E-state index in [9.17, 15) is 24.3 Å². The zero-order valence-electron chi connectivity index (χ0n) is 16.2. The first-order valence-corrected chi connectivity index (χ1v) is 8.86. The molecular formula is C17H32N4O5. The van der Waals surface area contributed by atoms with Crippen molar-refractivity contribution in [2.45, 2.75) is 65.6 Å². The lowest BCUT2D eigenvalue weighted by atomic mass is 9.98. The van der Waals surface area contributed by atoms with Gasteiger partial charge in [-0.25, -0.2) is 4.79 Å². The van der Waals surface area contributed by atoms with Crippen molar-refractivity contribution in [3.8, 4) is 0 Å². The highest BCUT2D eigenvalue weighted by Crippen LogP contribution is 2.09. The Bertz CT molecular complexity index is 509. The number of carbonyl (C=O) groups excluding carboxylic acids is 3. The Balaban J connectivity index is 4.94. The number of nitrogens with one attached hydrogen (secondary N) is 3. The fraction of sp³-hybridized carbons (Fsp3) is 0.765. The van der Waals surface area contributed by atoms with Crippen molar-refractivity contribution in [2.75, 3.05) is 6.54 Å². The third-order valence-corrected chi connectivity index (χ3v) is 4.07. The number of carboxylic acid groups (broad SMARTS) is 1. The van der Waals surface area contributed by atoms with Crippen LogP contribution in [0.2, 0.25) is 0 Å². The van der Waals surface area contributed by atoms with E-state index in [0.717, 1.165) is 0 Å². The third kappa shape index (κ3) is 8.28. The number of nitrogens with two attached hydrogens (primary N) is 1. The van der Waals surface area contributed by atoms with Crippen LogP contribution in [-0.4, -0.2) is 53.5 Å². The summed E-state index contributed by atoms with van der Waals surface area (Å²) in [6, 6.07) is -2.79. The molecule has 6 N–H and O–H groups in total. The van der Waals surface area contributed by atoms with E-state index in [1.54, 1.807) is 6.92 Å². The molecule has 0 aromatic carbocycles. The van der Waals surface area contributed by atoms with Gasteiger partial charge in [-0.05, 0) is 25.2 Å². The number of aliphatic carboxylic acids is 1. The van der Waals surface area contributed by atoms with E-state index >= 15 is 0 Å². The summed E-state index contributed by atoms with van der Waals surface area (Å²) in [5.74, 6) is -2.78. The molecule has 0 fully saturated rings. The van der Waals surface area contributed by atoms with Gasteiger partial charge in [0.1, 0.15) is 18.1 Å². The maximum absolute atomic E-state index is 12.4. The Morgan fingerprint density at radius 3 is 1.96 bits per heavy atom. The summed E-state index contributed by atoms with van der Waals surface area (Å²) >= 11 is 0. The Hall–Kier alpha value is -2.16. The van der Waals surface area contributed by atoms with Crippen LogP contribution in [0.4, 0.5) is 0 Å². The first kappa shape index (κ1) is 23.8. The van der Waals surface area contributed by atoms with Gasteiger partial charge in [-0.3, -0.25) is 14.4 Å². The topological polar surface area (TPSA) is 151 Å². The number of amides is 3. The van der Waals surface area contributed by atoms with E-state index in [2.05, 4.69) is 16.0 Å². The Morgan fingerprint density at radius 2 is 1.54 bits per heavy atom. The molecule has 0 spiro atoms. The van der Waals surface area contributed by atoms with Crippen LogP contribution >= 0.6 is 0 Å². The van der Waals surface area contributed by atoms with Gasteiger partial charge in [-0.1, -0.05) is 34.1 Å². The largest absolute Gasteiger partial charge is 0.480 e. The molecule has 0 saturated carbocycles. The molecule has 4 unspecified atom stereocenters. The molecule has 9 nitrogen and oxygen atoms in total. The van der Waals surface area contributed by atoms with Crippen LogP contribution in [0.25, 0.3) is 0 Å². The molecule has 3 amide bonds. The molecule has 0 aliphatic heterocycles. The first-order valence-electron chi connectivity index (χ1n) is 8.86. The second-order valence-corrected chi connectivity index (χ2v) is 6.89. The summed E-state index contributed by atoms with van der Waals surface area (Å²) in [5, 5.41) is 16.7. The number of hydrogen-bond donors (Lipinski definition) is 5. The summed E-state index contributed by atoms with van der Waals surface area (Å²) in [4.78, 5) is 47.4. The molecule has 0 saturated heterocycles. The zero-order chi connectivity index (χ0) is 20.4. The Morgan fingerprint density at radius 1 is 0.962 bits per heavy atom. The van der Waals surface area contributed by atoms with Gasteiger partial charge in [-0.15, -0.1) is 0 Å². The average Bonchev–Trinajstić information content (AvgIpc) is 2.57. The molecule has 0 heterocycles. The highest BCUT2D eigenvalue weighted by atomic mass is 16.4. The van der Waals surface area contributed by atoms with E-state index in [1.807, 2.05) is 20.8 Å². The summed E-state index contributed by atoms with van der Waals surface area (Å²) in [6.45, 7) is 8.59. The highest BCUT2D eigenvalue weighted by Gasteiger charge is 2.29. The van der Waals surface area contributed by atoms with E-state index < -0.39 is 41.8 Å². The predicted octanol–water partition coefficient (Wildman–Crippen LogP) is -0.404. The van der Waals surface area contributed by atoms with Crippen LogP contribution in [-0.2, 0) is 19.2 Å². The first-order chi connectivity index (χ1) is 12.0. The van der Waals surface area contributed by atoms with Gasteiger partial charge in [-0.2, -0.15) is 0 Å². The van der Waals surface area contributed by atoms with Gasteiger partial charge in [0.05, 0.1) is 6.54 Å². The summed E-state index contributed by atoms with van der Waals surface area (Å²) < 4.78 is 0. The van der Waals surface area contributed by atoms with E-state index in [1.165, 1.54) is 6.92 Å². The van der Waals surface area contributed by atoms with Crippen molar-refractivity contribution in [3.63, 3.8) is 0 Å². The van der Waals surface area contributed by atoms with Crippen LogP contribution in [0.1, 0.15) is 47.5 Å². The lowest BCUT2D eigenvalue weighted by molar-refractivity contribution is -0.142. The predicted molar refractivity (Wildman–Crippen MR) is 97.1 cm³/mol. The quantitative estimate of drug-likeness (QED) is 0.333. The number of hydrogen-bond acceptors (Lipinski definition) is 5. The van der Waals surface area contributed by atoms with Gasteiger partial charge in [0, 0.05) is 0 Å². The molecule has 4 atom stereocenters. The average molecular weight is 372 g/mol. The molecule has 150 valence electrons. The van der Waals surface area contributed by atoms with Crippen molar-refractivity contribution in [1.82, 2.24) is 16.0 Å². The van der Waals surface area contributed by atoms with Gasteiger partial charge in [0.25, 0.3) is 0 Å². The standard InChI is InChI=1S/C17H32N4O5/c1-6-10(4)14(21-13(22)8-18)16(24)19-11(5)15(23)20-12(17(25)26)7-9(2)3/h9-12,14H,6-8,18H2,1-5H3,(H,19,24)(H,20,23)(H,21,22)(H,25,26). The van der Waals surface area contributed by atoms with E-state index in [0.29, 0.717) is 6.42 Å². The van der Waals surface area contributed by atoms with E-state index in [4.69, 9.17) is 5.73 Å². The normalized spacial score (nSPS) is 15.5. The van der Waals surface area contributed by atoms with Crippen molar-refractivity contribution >= 4 is 23.7 Å². The maximum atomic E-state index is 12.4. The molecule has 0 aromatic heterocycles. The van der Waals surface area contributed by atoms with Gasteiger partial charge >= 0.3 is 5.97 Å². The third-order valence-electron chi connectivity index (χ3n) is 4.07. The van der Waals surface area contributed by atoms with Crippen LogP contribution in [0.5, 0.6) is 0 Å². The second kappa shape index (κ2) is 11.5. The summed E-state index contributed by atoms with van der Waals surface area (Å²) in [7, 11) is 0. The molecular weight excluding hydrogens is 340 g/mol. The van der Waals surface area contributed by atoms with Crippen molar-refractivity contribution in [2.24, 2.45) is 17.6 Å². The van der Waals surface area contributed by atoms with Crippen LogP contribution in [0.15, 0.2) is 0 Å². The minimum Gasteiger partial charge on any atom is -0.480 e. The van der Waals surface area contributed by atoms with Crippen molar-refractivity contribution < 1.29 is 24.3 Å². The fourth-order valence-corrected chi connectivity index (χ4v) is 2.29. The summed E-state index contributed by atoms with van der Waals surface area (Å²) in [6.07, 6.45) is 0.919. The van der Waals surface area contributed by atoms with Crippen LogP contribution in [0, 0.1) is 11.8 Å². The minimum atomic E-state index is -1.13. The van der Waals surface area contributed by atoms with Crippen molar-refractivity contribution in [1.29, 1.82) is 0 Å². The van der Waals surface area contributed by atoms with Gasteiger partial charge in [0.2, 0.25) is 17.7 Å². The number of rotatable bonds is 11. The SMILES string of the molecule is CCC(C)C(NC(=O)CN)C(=O)NC(C)C(=O)NC(CC(C)C)C(=O)O. The van der Waals surface area contributed by atoms with E-state index in [-0.39, 0.29) is 24.8 Å². The van der Waals surface area contributed by atoms with Crippen LogP contribution in [0.3, 0.4) is 0 Å². The fourth-order valence-electron chi connectivity index (χ4n) is 2.29. The maximum Gasteiger partial charge on any atom is 0.326 e. The summed E-state index contributed by atoms with van der Waals surface area (Å²) in [5.41, 5.74) is 5.27. The smallest absolute Gasteiger partial charge is 0.326 e. The molecule has 0 radical (unpaired) electrons. The monoisotopic (exact) mass is 372 g/mol. The Kier molecular flexibility index (Phi) is 10.5. The van der Waals surface area contributed by atoms with Crippen molar-refractivity contribution in [3.05, 3.63) is 0 Å². The number of carboxylic acids is 1. The molecule has 0 aromatic rings. The molecule has 0 aliphatic rings. The molecule has 0 aliphatic carbocycles. The molecule has 0 rings (SSSR count). The highest BCUT2D eigenvalue weighted by molar-refractivity contribution is 5.93. The lowest BCUT2D eigenvalue weighted by Gasteiger charge is -2.25. The van der Waals surface area contributed by atoms with Gasteiger partial charge in [0.15, 0.2) is 0 Å². The van der Waals surface area contributed by atoms with Gasteiger partial charge < -0.3 is 26.8 Å². The molecule has 9 heteroatoms. The number of carbonyl (C=O) groups is 4. The molecule has 26 heavy (non-hydrogen) atoms. The molecule has 0 bridgehead atoms. The zero-order valence-corrected chi connectivity index (χ0v) is 16.2.